The van der Waals surface area contributed by atoms with E-state index in [-0.39, 0.29) is 5.69 Å². The third-order valence-electron chi connectivity index (χ3n) is 2.74. The lowest BCUT2D eigenvalue weighted by atomic mass is 10.1. The summed E-state index contributed by atoms with van der Waals surface area (Å²) in [5, 5.41) is 0. The number of anilines is 1. The molecular formula is C13H17N3O2. The molecule has 0 aliphatic rings. The van der Waals surface area contributed by atoms with Gasteiger partial charge in [0.2, 0.25) is 0 Å². The largest absolute Gasteiger partial charge is 0.494 e. The monoisotopic (exact) mass is 247 g/mol. The predicted molar refractivity (Wildman–Crippen MR) is 70.8 cm³/mol. The van der Waals surface area contributed by atoms with Gasteiger partial charge in [0.25, 0.3) is 0 Å². The molecule has 0 aliphatic heterocycles. The maximum Gasteiger partial charge on any atom is 0.328 e. The predicted octanol–water partition coefficient (Wildman–Crippen LogP) is 1.22. The minimum Gasteiger partial charge on any atom is -0.494 e. The van der Waals surface area contributed by atoms with Gasteiger partial charge < -0.3 is 15.0 Å². The molecule has 2 rings (SSSR count). The number of nitrogens with two attached hydrogens (primary N) is 1. The van der Waals surface area contributed by atoms with E-state index in [1.165, 1.54) is 4.57 Å². The van der Waals surface area contributed by atoms with Gasteiger partial charge in [-0.3, -0.25) is 4.57 Å². The fraction of sp³-hybridized carbons (Fsp3) is 0.308. The molecule has 1 heterocycles. The highest BCUT2D eigenvalue weighted by molar-refractivity contribution is 5.48. The summed E-state index contributed by atoms with van der Waals surface area (Å²) in [4.78, 5) is 11.8. The zero-order valence-electron chi connectivity index (χ0n) is 10.6. The number of aryl methyl sites for hydroxylation is 1. The summed E-state index contributed by atoms with van der Waals surface area (Å²) in [6.45, 7) is 2.97. The molecule has 0 radical (unpaired) electrons. The van der Waals surface area contributed by atoms with Crippen molar-refractivity contribution in [2.24, 2.45) is 7.05 Å². The second-order valence-corrected chi connectivity index (χ2v) is 4.12. The normalized spacial score (nSPS) is 10.6. The van der Waals surface area contributed by atoms with Crippen LogP contribution in [-0.4, -0.2) is 15.7 Å². The van der Waals surface area contributed by atoms with Crippen LogP contribution in [0.3, 0.4) is 0 Å². The molecule has 0 amide bonds. The Balaban J connectivity index is 2.35. The lowest BCUT2D eigenvalue weighted by molar-refractivity contribution is 0.335. The van der Waals surface area contributed by atoms with Crippen molar-refractivity contribution in [3.05, 3.63) is 46.6 Å². The average molecular weight is 247 g/mol. The highest BCUT2D eigenvalue weighted by Gasteiger charge is 2.07. The molecule has 0 aliphatic carbocycles. The molecule has 1 aromatic heterocycles. The number of rotatable bonds is 4. The van der Waals surface area contributed by atoms with Crippen molar-refractivity contribution in [1.82, 2.24) is 9.13 Å². The van der Waals surface area contributed by atoms with Gasteiger partial charge in [-0.2, -0.15) is 0 Å². The summed E-state index contributed by atoms with van der Waals surface area (Å²) in [6.07, 6.45) is 3.48. The molecule has 0 bridgehead atoms. The van der Waals surface area contributed by atoms with Crippen molar-refractivity contribution in [1.29, 1.82) is 0 Å². The Hall–Kier alpha value is -2.17. The Labute approximate surface area is 105 Å². The summed E-state index contributed by atoms with van der Waals surface area (Å²) in [6, 6.07) is 5.47. The van der Waals surface area contributed by atoms with Crippen LogP contribution in [0.1, 0.15) is 12.5 Å². The van der Waals surface area contributed by atoms with Gasteiger partial charge in [0, 0.05) is 30.7 Å². The second-order valence-electron chi connectivity index (χ2n) is 4.12. The molecule has 0 atom stereocenters. The van der Waals surface area contributed by atoms with Crippen LogP contribution >= 0.6 is 0 Å². The van der Waals surface area contributed by atoms with Crippen LogP contribution in [-0.2, 0) is 13.6 Å². The summed E-state index contributed by atoms with van der Waals surface area (Å²) < 4.78 is 8.69. The molecular weight excluding hydrogens is 230 g/mol. The topological polar surface area (TPSA) is 62.2 Å². The van der Waals surface area contributed by atoms with E-state index in [1.54, 1.807) is 30.1 Å². The lowest BCUT2D eigenvalue weighted by Gasteiger charge is -2.11. The molecule has 0 saturated carbocycles. The highest BCUT2D eigenvalue weighted by atomic mass is 16.5. The number of hydrogen-bond acceptors (Lipinski definition) is 3. The van der Waals surface area contributed by atoms with Gasteiger partial charge in [0.1, 0.15) is 5.75 Å². The molecule has 5 heteroatoms. The van der Waals surface area contributed by atoms with Gasteiger partial charge in [-0.05, 0) is 25.1 Å². The Morgan fingerprint density at radius 2 is 2.11 bits per heavy atom. The Morgan fingerprint density at radius 1 is 1.33 bits per heavy atom. The van der Waals surface area contributed by atoms with Crippen LogP contribution in [0.5, 0.6) is 5.75 Å². The number of aromatic nitrogens is 2. The van der Waals surface area contributed by atoms with E-state index in [9.17, 15) is 4.79 Å². The molecule has 5 nitrogen and oxygen atoms in total. The number of ether oxygens (including phenoxy) is 1. The van der Waals surface area contributed by atoms with Crippen molar-refractivity contribution in [3.8, 4) is 5.75 Å². The van der Waals surface area contributed by atoms with Crippen LogP contribution in [0.25, 0.3) is 0 Å². The first-order valence-corrected chi connectivity index (χ1v) is 5.84. The highest BCUT2D eigenvalue weighted by Crippen LogP contribution is 2.22. The zero-order chi connectivity index (χ0) is 13.1. The van der Waals surface area contributed by atoms with Gasteiger partial charge in [-0.1, -0.05) is 0 Å². The standard InChI is InChI=1S/C13H17N3O2/c1-3-18-12-5-4-11(14)8-10(12)9-16-7-6-15(2)13(16)17/h4-8H,3,9,14H2,1-2H3. The van der Waals surface area contributed by atoms with Crippen LogP contribution in [0.4, 0.5) is 5.69 Å². The Morgan fingerprint density at radius 3 is 2.72 bits per heavy atom. The van der Waals surface area contributed by atoms with Crippen LogP contribution in [0.2, 0.25) is 0 Å². The number of nitrogens with zero attached hydrogens (tertiary/aromatic N) is 2. The quantitative estimate of drug-likeness (QED) is 0.826. The summed E-state index contributed by atoms with van der Waals surface area (Å²) >= 11 is 0. The number of benzene rings is 1. The van der Waals surface area contributed by atoms with Gasteiger partial charge in [-0.15, -0.1) is 0 Å². The molecule has 0 spiro atoms. The van der Waals surface area contributed by atoms with Crippen LogP contribution < -0.4 is 16.2 Å². The van der Waals surface area contributed by atoms with E-state index in [0.29, 0.717) is 18.8 Å². The molecule has 0 saturated heterocycles. The van der Waals surface area contributed by atoms with Crippen LogP contribution in [0, 0.1) is 0 Å². The summed E-state index contributed by atoms with van der Waals surface area (Å²) in [5.74, 6) is 0.766. The molecule has 2 aromatic rings. The first-order chi connectivity index (χ1) is 8.61. The molecule has 1 aromatic carbocycles. The summed E-state index contributed by atoms with van der Waals surface area (Å²) in [7, 11) is 1.72. The fourth-order valence-electron chi connectivity index (χ4n) is 1.83. The Bertz CT molecular complexity index is 599. The molecule has 96 valence electrons. The third-order valence-corrected chi connectivity index (χ3v) is 2.74. The van der Waals surface area contributed by atoms with Crippen molar-refractivity contribution < 1.29 is 4.74 Å². The van der Waals surface area contributed by atoms with Gasteiger partial charge in [0.05, 0.1) is 13.2 Å². The van der Waals surface area contributed by atoms with Gasteiger partial charge in [0.15, 0.2) is 0 Å². The molecule has 18 heavy (non-hydrogen) atoms. The Kier molecular flexibility index (Phi) is 3.41. The number of hydrogen-bond donors (Lipinski definition) is 1. The van der Waals surface area contributed by atoms with Crippen molar-refractivity contribution in [2.45, 2.75) is 13.5 Å². The van der Waals surface area contributed by atoms with Gasteiger partial charge in [-0.25, -0.2) is 4.79 Å². The van der Waals surface area contributed by atoms with E-state index < -0.39 is 0 Å². The number of imidazole rings is 1. The fourth-order valence-corrected chi connectivity index (χ4v) is 1.83. The SMILES string of the molecule is CCOc1ccc(N)cc1Cn1ccn(C)c1=O. The average Bonchev–Trinajstić information content (AvgIpc) is 2.65. The maximum atomic E-state index is 11.8. The minimum absolute atomic E-state index is 0.0557. The number of nitrogen functional groups attached to an aromatic ring is 1. The van der Waals surface area contributed by atoms with Crippen molar-refractivity contribution >= 4 is 5.69 Å². The second kappa shape index (κ2) is 5.00. The molecule has 0 fully saturated rings. The minimum atomic E-state index is -0.0557. The van der Waals surface area contributed by atoms with Crippen molar-refractivity contribution in [2.75, 3.05) is 12.3 Å². The van der Waals surface area contributed by atoms with E-state index in [1.807, 2.05) is 19.1 Å². The first kappa shape index (κ1) is 12.3. The first-order valence-electron chi connectivity index (χ1n) is 5.84. The third kappa shape index (κ3) is 2.40. The lowest BCUT2D eigenvalue weighted by Crippen LogP contribution is -2.22. The van der Waals surface area contributed by atoms with E-state index in [2.05, 4.69) is 0 Å². The molecule has 2 N–H and O–H groups in total. The summed E-state index contributed by atoms with van der Waals surface area (Å²) in [5.41, 5.74) is 7.29. The smallest absolute Gasteiger partial charge is 0.328 e. The maximum absolute atomic E-state index is 11.8. The zero-order valence-corrected chi connectivity index (χ0v) is 10.6. The van der Waals surface area contributed by atoms with E-state index >= 15 is 0 Å². The molecule has 0 unspecified atom stereocenters. The van der Waals surface area contributed by atoms with E-state index in [0.717, 1.165) is 11.3 Å². The van der Waals surface area contributed by atoms with Gasteiger partial charge >= 0.3 is 5.69 Å². The van der Waals surface area contributed by atoms with Crippen LogP contribution in [0.15, 0.2) is 35.4 Å². The van der Waals surface area contributed by atoms with Crippen molar-refractivity contribution in [3.63, 3.8) is 0 Å². The van der Waals surface area contributed by atoms with E-state index in [4.69, 9.17) is 10.5 Å².